The van der Waals surface area contributed by atoms with Gasteiger partial charge in [0.2, 0.25) is 11.6 Å². The molecule has 10 heavy (non-hydrogen) atoms. The Balaban J connectivity index is 2.70. The van der Waals surface area contributed by atoms with E-state index in [1.807, 2.05) is 6.92 Å². The van der Waals surface area contributed by atoms with E-state index in [4.69, 9.17) is 0 Å². The molecule has 0 spiro atoms. The van der Waals surface area contributed by atoms with Gasteiger partial charge in [0.15, 0.2) is 0 Å². The third kappa shape index (κ3) is 1.11. The molecule has 0 N–H and O–H groups in total. The van der Waals surface area contributed by atoms with Crippen molar-refractivity contribution in [3.63, 3.8) is 0 Å². The van der Waals surface area contributed by atoms with Crippen LogP contribution in [-0.4, -0.2) is 11.6 Å². The fraction of sp³-hybridized carbons (Fsp3) is 0.625. The van der Waals surface area contributed by atoms with Crippen LogP contribution in [-0.2, 0) is 9.59 Å². The number of Topliss-reactive ketones (excluding diaryl/α,β-unsaturated/α-hetero) is 2. The molecule has 1 atom stereocenters. The van der Waals surface area contributed by atoms with Crippen molar-refractivity contribution in [1.82, 2.24) is 0 Å². The van der Waals surface area contributed by atoms with Gasteiger partial charge in [-0.15, -0.1) is 0 Å². The molecule has 1 fully saturated rings. The molecule has 0 aromatic rings. The van der Waals surface area contributed by atoms with Crippen molar-refractivity contribution in [3.8, 4) is 0 Å². The second-order valence-electron chi connectivity index (χ2n) is 2.91. The summed E-state index contributed by atoms with van der Waals surface area (Å²) in [5.74, 6) is 0.224. The van der Waals surface area contributed by atoms with Crippen molar-refractivity contribution in [2.24, 2.45) is 5.92 Å². The van der Waals surface area contributed by atoms with E-state index < -0.39 is 0 Å². The highest BCUT2D eigenvalue weighted by Gasteiger charge is 2.31. The largest absolute Gasteiger partial charge is 0.291 e. The molecule has 0 aromatic carbocycles. The molecule has 0 aromatic heterocycles. The molecule has 1 saturated carbocycles. The van der Waals surface area contributed by atoms with Crippen molar-refractivity contribution in [3.05, 3.63) is 5.92 Å². The van der Waals surface area contributed by atoms with Crippen molar-refractivity contribution < 1.29 is 9.59 Å². The normalized spacial score (nSPS) is 29.2. The van der Waals surface area contributed by atoms with Gasteiger partial charge in [0.05, 0.1) is 0 Å². The van der Waals surface area contributed by atoms with E-state index in [9.17, 15) is 9.59 Å². The standard InChI is InChI=1S/C8H11O2/c1-5-3-4-6(2)8(10)7(5)9/h5H,3-4H2,1-2H3. The van der Waals surface area contributed by atoms with E-state index in [2.05, 4.69) is 0 Å². The lowest BCUT2D eigenvalue weighted by atomic mass is 9.82. The summed E-state index contributed by atoms with van der Waals surface area (Å²) in [5.41, 5.74) is 0. The molecule has 0 saturated heterocycles. The smallest absolute Gasteiger partial charge is 0.205 e. The molecule has 1 aliphatic rings. The Morgan fingerprint density at radius 3 is 2.50 bits per heavy atom. The third-order valence-electron chi connectivity index (χ3n) is 2.01. The predicted octanol–water partition coefficient (Wildman–Crippen LogP) is 1.15. The quantitative estimate of drug-likeness (QED) is 0.472. The van der Waals surface area contributed by atoms with Gasteiger partial charge in [0, 0.05) is 11.8 Å². The number of carbonyl (C=O) groups is 2. The molecule has 2 heteroatoms. The first-order chi connectivity index (χ1) is 4.63. The summed E-state index contributed by atoms with van der Waals surface area (Å²) < 4.78 is 0. The molecule has 2 nitrogen and oxygen atoms in total. The zero-order valence-electron chi connectivity index (χ0n) is 6.31. The predicted molar refractivity (Wildman–Crippen MR) is 37.3 cm³/mol. The van der Waals surface area contributed by atoms with Gasteiger partial charge in [-0.05, 0) is 12.8 Å². The Hall–Kier alpha value is -0.660. The van der Waals surface area contributed by atoms with E-state index >= 15 is 0 Å². The van der Waals surface area contributed by atoms with Crippen LogP contribution in [0.5, 0.6) is 0 Å². The average Bonchev–Trinajstić information content (AvgIpc) is 1.93. The van der Waals surface area contributed by atoms with Crippen LogP contribution in [0, 0.1) is 11.8 Å². The van der Waals surface area contributed by atoms with E-state index in [1.165, 1.54) is 0 Å². The maximum Gasteiger partial charge on any atom is 0.205 e. The molecular formula is C8H11O2. The van der Waals surface area contributed by atoms with Gasteiger partial charge in [-0.25, -0.2) is 0 Å². The molecule has 1 rings (SSSR count). The Kier molecular flexibility index (Phi) is 1.88. The third-order valence-corrected chi connectivity index (χ3v) is 2.01. The zero-order valence-corrected chi connectivity index (χ0v) is 6.31. The molecule has 0 bridgehead atoms. The van der Waals surface area contributed by atoms with Crippen LogP contribution >= 0.6 is 0 Å². The molecule has 0 heterocycles. The summed E-state index contributed by atoms with van der Waals surface area (Å²) in [4.78, 5) is 21.9. The van der Waals surface area contributed by atoms with Gasteiger partial charge in [-0.3, -0.25) is 9.59 Å². The number of carbonyl (C=O) groups excluding carboxylic acids is 2. The summed E-state index contributed by atoms with van der Waals surface area (Å²) in [7, 11) is 0. The highest BCUT2D eigenvalue weighted by Crippen LogP contribution is 2.23. The molecule has 0 aliphatic heterocycles. The van der Waals surface area contributed by atoms with Gasteiger partial charge in [-0.1, -0.05) is 13.8 Å². The summed E-state index contributed by atoms with van der Waals surface area (Å²) in [6.45, 7) is 3.55. The van der Waals surface area contributed by atoms with Gasteiger partial charge in [0.1, 0.15) is 0 Å². The topological polar surface area (TPSA) is 34.1 Å². The lowest BCUT2D eigenvalue weighted by molar-refractivity contribution is -0.139. The summed E-state index contributed by atoms with van der Waals surface area (Å²) in [5, 5.41) is 0. The van der Waals surface area contributed by atoms with E-state index in [1.54, 1.807) is 6.92 Å². The minimum Gasteiger partial charge on any atom is -0.291 e. The fourth-order valence-electron chi connectivity index (χ4n) is 1.11. The van der Waals surface area contributed by atoms with Gasteiger partial charge < -0.3 is 0 Å². The first-order valence-electron chi connectivity index (χ1n) is 3.54. The molecule has 1 unspecified atom stereocenters. The zero-order chi connectivity index (χ0) is 7.72. The number of hydrogen-bond acceptors (Lipinski definition) is 2. The van der Waals surface area contributed by atoms with Crippen LogP contribution in [0.3, 0.4) is 0 Å². The van der Waals surface area contributed by atoms with Crippen molar-refractivity contribution in [2.75, 3.05) is 0 Å². The Labute approximate surface area is 60.6 Å². The van der Waals surface area contributed by atoms with Crippen LogP contribution in [0.2, 0.25) is 0 Å². The second-order valence-corrected chi connectivity index (χ2v) is 2.91. The molecule has 1 radical (unpaired) electrons. The Morgan fingerprint density at radius 1 is 1.40 bits per heavy atom. The lowest BCUT2D eigenvalue weighted by Gasteiger charge is -2.19. The van der Waals surface area contributed by atoms with E-state index in [0.717, 1.165) is 18.8 Å². The summed E-state index contributed by atoms with van der Waals surface area (Å²) >= 11 is 0. The van der Waals surface area contributed by atoms with Crippen LogP contribution in [0.15, 0.2) is 0 Å². The van der Waals surface area contributed by atoms with Crippen LogP contribution < -0.4 is 0 Å². The number of ketones is 2. The molecular weight excluding hydrogens is 128 g/mol. The first-order valence-corrected chi connectivity index (χ1v) is 3.54. The minimum absolute atomic E-state index is 0.0452. The van der Waals surface area contributed by atoms with Crippen molar-refractivity contribution in [1.29, 1.82) is 0 Å². The van der Waals surface area contributed by atoms with Gasteiger partial charge in [-0.2, -0.15) is 0 Å². The van der Waals surface area contributed by atoms with Crippen LogP contribution in [0.25, 0.3) is 0 Å². The lowest BCUT2D eigenvalue weighted by Crippen LogP contribution is -2.31. The maximum absolute atomic E-state index is 11.0. The number of hydrogen-bond donors (Lipinski definition) is 0. The van der Waals surface area contributed by atoms with Crippen LogP contribution in [0.4, 0.5) is 0 Å². The molecule has 0 amide bonds. The highest BCUT2D eigenvalue weighted by molar-refractivity contribution is 6.43. The number of rotatable bonds is 0. The fourth-order valence-corrected chi connectivity index (χ4v) is 1.11. The van der Waals surface area contributed by atoms with E-state index in [-0.39, 0.29) is 17.5 Å². The van der Waals surface area contributed by atoms with Gasteiger partial charge >= 0.3 is 0 Å². The second kappa shape index (κ2) is 2.52. The molecule has 1 aliphatic carbocycles. The summed E-state index contributed by atoms with van der Waals surface area (Å²) in [6, 6.07) is 0. The minimum atomic E-state index is -0.251. The van der Waals surface area contributed by atoms with Crippen molar-refractivity contribution >= 4 is 11.6 Å². The highest BCUT2D eigenvalue weighted by atomic mass is 16.2. The Morgan fingerprint density at radius 2 is 2.00 bits per heavy atom. The summed E-state index contributed by atoms with van der Waals surface area (Å²) in [6.07, 6.45) is 1.64. The monoisotopic (exact) mass is 139 g/mol. The average molecular weight is 139 g/mol. The van der Waals surface area contributed by atoms with Crippen LogP contribution in [0.1, 0.15) is 26.7 Å². The first kappa shape index (κ1) is 7.45. The SMILES string of the molecule is C[C]1CCC(C)C(=O)C1=O. The maximum atomic E-state index is 11.0. The Bertz CT molecular complexity index is 152. The molecule has 55 valence electrons. The van der Waals surface area contributed by atoms with Gasteiger partial charge in [0.25, 0.3) is 0 Å². The van der Waals surface area contributed by atoms with E-state index in [0.29, 0.717) is 0 Å². The van der Waals surface area contributed by atoms with Crippen molar-refractivity contribution in [2.45, 2.75) is 26.7 Å².